The van der Waals surface area contributed by atoms with E-state index in [9.17, 15) is 0 Å². The number of pyridine rings is 1. The molecule has 0 saturated carbocycles. The molecule has 1 aromatic heterocycles. The lowest BCUT2D eigenvalue weighted by Gasteiger charge is -2.10. The van der Waals surface area contributed by atoms with Crippen LogP contribution in [-0.4, -0.2) is 32.4 Å². The molecule has 1 N–H and O–H groups in total. The number of para-hydroxylation sites is 1. The van der Waals surface area contributed by atoms with Gasteiger partial charge in [-0.3, -0.25) is 0 Å². The van der Waals surface area contributed by atoms with Crippen molar-refractivity contribution in [2.75, 3.05) is 32.7 Å². The van der Waals surface area contributed by atoms with E-state index in [2.05, 4.69) is 23.3 Å². The fraction of sp³-hybridized carbons (Fsp3) is 0.357. The third-order valence-corrected chi connectivity index (χ3v) is 2.84. The first kappa shape index (κ1) is 12.6. The fourth-order valence-corrected chi connectivity index (χ4v) is 1.93. The number of nitrogens with zero attached hydrogens (tertiary/aromatic N) is 1. The Kier molecular flexibility index (Phi) is 3.99. The lowest BCUT2D eigenvalue weighted by molar-refractivity contribution is 0.210. The number of nitrogens with one attached hydrogen (secondary N) is 1. The Hall–Kier alpha value is -1.81. The second-order valence-electron chi connectivity index (χ2n) is 4.10. The zero-order valence-corrected chi connectivity index (χ0v) is 11.0. The molecule has 4 heteroatoms. The number of aryl methyl sites for hydroxylation is 1. The number of hydrogen-bond acceptors (Lipinski definition) is 4. The molecule has 1 heterocycles. The molecule has 2 aromatic rings. The van der Waals surface area contributed by atoms with Crippen molar-refractivity contribution in [2.45, 2.75) is 6.92 Å². The molecule has 0 amide bonds. The Labute approximate surface area is 107 Å². The first-order valence-electron chi connectivity index (χ1n) is 5.93. The van der Waals surface area contributed by atoms with Gasteiger partial charge in [0.1, 0.15) is 17.1 Å². The number of hydrogen-bond donors (Lipinski definition) is 1. The third-order valence-electron chi connectivity index (χ3n) is 2.84. The molecule has 0 aliphatic heterocycles. The molecule has 0 saturated heterocycles. The molecule has 0 aliphatic rings. The molecular formula is C14H18N2O2. The van der Waals surface area contributed by atoms with E-state index >= 15 is 0 Å². The molecule has 0 atom stereocenters. The van der Waals surface area contributed by atoms with E-state index in [-0.39, 0.29) is 0 Å². The van der Waals surface area contributed by atoms with Crippen LogP contribution in [0.1, 0.15) is 5.56 Å². The van der Waals surface area contributed by atoms with Crippen molar-refractivity contribution in [3.8, 4) is 5.75 Å². The van der Waals surface area contributed by atoms with Crippen molar-refractivity contribution in [3.05, 3.63) is 29.8 Å². The van der Waals surface area contributed by atoms with Crippen LogP contribution in [0.15, 0.2) is 24.3 Å². The van der Waals surface area contributed by atoms with Gasteiger partial charge in [-0.25, -0.2) is 4.98 Å². The Bertz CT molecular complexity index is 541. The summed E-state index contributed by atoms with van der Waals surface area (Å²) in [5.74, 6) is 1.65. The number of ether oxygens (including phenoxy) is 2. The maximum atomic E-state index is 5.35. The van der Waals surface area contributed by atoms with E-state index < -0.39 is 0 Å². The van der Waals surface area contributed by atoms with Gasteiger partial charge in [0, 0.05) is 19.0 Å². The Morgan fingerprint density at radius 1 is 1.28 bits per heavy atom. The van der Waals surface area contributed by atoms with Crippen molar-refractivity contribution in [2.24, 2.45) is 0 Å². The lowest BCUT2D eigenvalue weighted by Crippen LogP contribution is -2.09. The van der Waals surface area contributed by atoms with Crippen LogP contribution in [0.5, 0.6) is 5.75 Å². The minimum absolute atomic E-state index is 0.657. The van der Waals surface area contributed by atoms with Crippen LogP contribution >= 0.6 is 0 Å². The smallest absolute Gasteiger partial charge is 0.145 e. The first-order chi connectivity index (χ1) is 8.76. The zero-order chi connectivity index (χ0) is 13.0. The largest absolute Gasteiger partial charge is 0.494 e. The summed E-state index contributed by atoms with van der Waals surface area (Å²) >= 11 is 0. The second kappa shape index (κ2) is 5.69. The molecule has 4 nitrogen and oxygen atoms in total. The van der Waals surface area contributed by atoms with Crippen LogP contribution in [-0.2, 0) is 4.74 Å². The molecule has 1 aromatic carbocycles. The van der Waals surface area contributed by atoms with Crippen LogP contribution in [0.25, 0.3) is 10.9 Å². The molecule has 18 heavy (non-hydrogen) atoms. The quantitative estimate of drug-likeness (QED) is 0.824. The summed E-state index contributed by atoms with van der Waals surface area (Å²) in [6.07, 6.45) is 0. The van der Waals surface area contributed by atoms with Crippen LogP contribution < -0.4 is 10.1 Å². The van der Waals surface area contributed by atoms with Crippen molar-refractivity contribution in [3.63, 3.8) is 0 Å². The molecular weight excluding hydrogens is 228 g/mol. The summed E-state index contributed by atoms with van der Waals surface area (Å²) < 4.78 is 10.4. The zero-order valence-electron chi connectivity index (χ0n) is 11.0. The summed E-state index contributed by atoms with van der Waals surface area (Å²) in [6.45, 7) is 3.47. The highest BCUT2D eigenvalue weighted by molar-refractivity contribution is 5.88. The van der Waals surface area contributed by atoms with E-state index in [0.29, 0.717) is 6.61 Å². The van der Waals surface area contributed by atoms with Gasteiger partial charge in [-0.1, -0.05) is 12.1 Å². The van der Waals surface area contributed by atoms with Gasteiger partial charge >= 0.3 is 0 Å². The van der Waals surface area contributed by atoms with Gasteiger partial charge in [0.25, 0.3) is 0 Å². The van der Waals surface area contributed by atoms with Gasteiger partial charge in [0.2, 0.25) is 0 Å². The predicted octanol–water partition coefficient (Wildman–Crippen LogP) is 2.61. The average molecular weight is 246 g/mol. The van der Waals surface area contributed by atoms with Gasteiger partial charge < -0.3 is 14.8 Å². The van der Waals surface area contributed by atoms with Gasteiger partial charge in [-0.2, -0.15) is 0 Å². The number of aromatic nitrogens is 1. The normalized spacial score (nSPS) is 10.6. The summed E-state index contributed by atoms with van der Waals surface area (Å²) in [4.78, 5) is 4.59. The van der Waals surface area contributed by atoms with Crippen LogP contribution in [0.2, 0.25) is 0 Å². The number of anilines is 1. The maximum absolute atomic E-state index is 5.35. The molecule has 0 fully saturated rings. The predicted molar refractivity (Wildman–Crippen MR) is 73.4 cm³/mol. The molecule has 0 unspecified atom stereocenters. The molecule has 0 spiro atoms. The summed E-state index contributed by atoms with van der Waals surface area (Å²) in [5.41, 5.74) is 2.07. The highest BCUT2D eigenvalue weighted by atomic mass is 16.5. The minimum atomic E-state index is 0.657. The van der Waals surface area contributed by atoms with E-state index in [1.54, 1.807) is 14.2 Å². The molecule has 96 valence electrons. The standard InChI is InChI=1S/C14H18N2O2/c1-10-9-13(15-7-8-17-2)16-14-11(10)5-4-6-12(14)18-3/h4-6,9H,7-8H2,1-3H3,(H,15,16). The molecule has 2 rings (SSSR count). The van der Waals surface area contributed by atoms with Gasteiger partial charge in [-0.15, -0.1) is 0 Å². The number of rotatable bonds is 5. The number of benzene rings is 1. The molecule has 0 radical (unpaired) electrons. The second-order valence-corrected chi connectivity index (χ2v) is 4.10. The summed E-state index contributed by atoms with van der Waals surface area (Å²) in [7, 11) is 3.35. The first-order valence-corrected chi connectivity index (χ1v) is 5.93. The van der Waals surface area contributed by atoms with E-state index in [1.165, 1.54) is 5.56 Å². The SMILES string of the molecule is COCCNc1cc(C)c2cccc(OC)c2n1. The van der Waals surface area contributed by atoms with Crippen LogP contribution in [0.3, 0.4) is 0 Å². The molecule has 0 aliphatic carbocycles. The van der Waals surface area contributed by atoms with Crippen molar-refractivity contribution < 1.29 is 9.47 Å². The van der Waals surface area contributed by atoms with Crippen molar-refractivity contribution in [1.82, 2.24) is 4.98 Å². The van der Waals surface area contributed by atoms with E-state index in [0.717, 1.165) is 29.0 Å². The highest BCUT2D eigenvalue weighted by Gasteiger charge is 2.06. The highest BCUT2D eigenvalue weighted by Crippen LogP contribution is 2.27. The summed E-state index contributed by atoms with van der Waals surface area (Å²) in [5, 5.41) is 4.36. The van der Waals surface area contributed by atoms with Gasteiger partial charge in [0.05, 0.1) is 13.7 Å². The fourth-order valence-electron chi connectivity index (χ4n) is 1.93. The van der Waals surface area contributed by atoms with Crippen molar-refractivity contribution in [1.29, 1.82) is 0 Å². The van der Waals surface area contributed by atoms with Gasteiger partial charge in [0.15, 0.2) is 0 Å². The van der Waals surface area contributed by atoms with Crippen molar-refractivity contribution >= 4 is 16.7 Å². The average Bonchev–Trinajstić information content (AvgIpc) is 2.38. The Morgan fingerprint density at radius 3 is 2.83 bits per heavy atom. The number of fused-ring (bicyclic) bond motifs is 1. The molecule has 0 bridgehead atoms. The van der Waals surface area contributed by atoms with Crippen LogP contribution in [0, 0.1) is 6.92 Å². The minimum Gasteiger partial charge on any atom is -0.494 e. The van der Waals surface area contributed by atoms with E-state index in [4.69, 9.17) is 9.47 Å². The Balaban J connectivity index is 2.39. The number of methoxy groups -OCH3 is 2. The Morgan fingerprint density at radius 2 is 2.11 bits per heavy atom. The maximum Gasteiger partial charge on any atom is 0.145 e. The van der Waals surface area contributed by atoms with E-state index in [1.807, 2.05) is 18.2 Å². The van der Waals surface area contributed by atoms with Gasteiger partial charge in [-0.05, 0) is 24.6 Å². The van der Waals surface area contributed by atoms with Crippen LogP contribution in [0.4, 0.5) is 5.82 Å². The third kappa shape index (κ3) is 2.54. The monoisotopic (exact) mass is 246 g/mol. The lowest BCUT2D eigenvalue weighted by atomic mass is 10.1. The summed E-state index contributed by atoms with van der Waals surface area (Å²) in [6, 6.07) is 8.00. The topological polar surface area (TPSA) is 43.4 Å².